The van der Waals surface area contributed by atoms with Crippen molar-refractivity contribution in [1.29, 1.82) is 0 Å². The van der Waals surface area contributed by atoms with E-state index in [2.05, 4.69) is 19.2 Å². The Balaban J connectivity index is 2.99. The quantitative estimate of drug-likeness (QED) is 0.780. The summed E-state index contributed by atoms with van der Waals surface area (Å²) in [7, 11) is 1.65. The molecule has 0 aliphatic carbocycles. The van der Waals surface area contributed by atoms with Gasteiger partial charge in [0.05, 0.1) is 0 Å². The summed E-state index contributed by atoms with van der Waals surface area (Å²) in [4.78, 5) is 27.0. The van der Waals surface area contributed by atoms with E-state index in [0.29, 0.717) is 18.9 Å². The zero-order valence-corrected chi connectivity index (χ0v) is 14.2. The third-order valence-electron chi connectivity index (χ3n) is 4.03. The molecule has 0 aromatic carbocycles. The highest BCUT2D eigenvalue weighted by molar-refractivity contribution is 5.97. The van der Waals surface area contributed by atoms with Crippen LogP contribution in [0.5, 0.6) is 0 Å². The van der Waals surface area contributed by atoms with Crippen molar-refractivity contribution in [1.82, 2.24) is 10.2 Å². The molecule has 5 nitrogen and oxygen atoms in total. The Kier molecular flexibility index (Phi) is 6.65. The topological polar surface area (TPSA) is 58.6 Å². The number of nitrogens with zero attached hydrogens (tertiary/aromatic N) is 1. The van der Waals surface area contributed by atoms with Crippen LogP contribution >= 0.6 is 0 Å². The molecule has 0 saturated carbocycles. The lowest BCUT2D eigenvalue weighted by Crippen LogP contribution is -2.66. The van der Waals surface area contributed by atoms with Gasteiger partial charge in [0.1, 0.15) is 12.1 Å². The van der Waals surface area contributed by atoms with Crippen LogP contribution in [0.1, 0.15) is 47.5 Å². The molecule has 3 atom stereocenters. The molecule has 0 aromatic heterocycles. The summed E-state index contributed by atoms with van der Waals surface area (Å²) in [5.74, 6) is 0.477. The molecule has 0 radical (unpaired) electrons. The van der Waals surface area contributed by atoms with Crippen molar-refractivity contribution in [3.05, 3.63) is 0 Å². The van der Waals surface area contributed by atoms with E-state index in [-0.39, 0.29) is 29.8 Å². The van der Waals surface area contributed by atoms with Gasteiger partial charge >= 0.3 is 0 Å². The highest BCUT2D eigenvalue weighted by Crippen LogP contribution is 2.23. The van der Waals surface area contributed by atoms with E-state index < -0.39 is 6.04 Å². The van der Waals surface area contributed by atoms with Crippen molar-refractivity contribution in [3.8, 4) is 0 Å². The fraction of sp³-hybridized carbons (Fsp3) is 0.875. The molecule has 5 heteroatoms. The summed E-state index contributed by atoms with van der Waals surface area (Å²) in [6, 6.07) is -0.765. The Morgan fingerprint density at radius 1 is 1.19 bits per heavy atom. The van der Waals surface area contributed by atoms with Gasteiger partial charge < -0.3 is 15.0 Å². The average molecular weight is 298 g/mol. The number of nitrogens with one attached hydrogen (secondary N) is 1. The third kappa shape index (κ3) is 4.43. The molecule has 0 spiro atoms. The number of hydrogen-bond acceptors (Lipinski definition) is 3. The molecule has 21 heavy (non-hydrogen) atoms. The minimum absolute atomic E-state index is 0.00787. The molecule has 2 amide bonds. The molecule has 1 fully saturated rings. The lowest BCUT2D eigenvalue weighted by atomic mass is 9.92. The van der Waals surface area contributed by atoms with Crippen LogP contribution in [0.25, 0.3) is 0 Å². The Hall–Kier alpha value is -1.10. The maximum atomic E-state index is 12.8. The van der Waals surface area contributed by atoms with E-state index in [1.807, 2.05) is 20.8 Å². The third-order valence-corrected chi connectivity index (χ3v) is 4.03. The van der Waals surface area contributed by atoms with Crippen LogP contribution in [0.4, 0.5) is 0 Å². The van der Waals surface area contributed by atoms with Gasteiger partial charge in [0, 0.05) is 19.8 Å². The van der Waals surface area contributed by atoms with Crippen molar-refractivity contribution in [3.63, 3.8) is 0 Å². The summed E-state index contributed by atoms with van der Waals surface area (Å²) in [5.41, 5.74) is 0. The first-order valence-electron chi connectivity index (χ1n) is 7.91. The molecular formula is C16H30N2O3. The smallest absolute Gasteiger partial charge is 0.246 e. The number of ether oxygens (including phenoxy) is 1. The second-order valence-corrected chi connectivity index (χ2v) is 6.75. The summed E-state index contributed by atoms with van der Waals surface area (Å²) < 4.78 is 5.12. The summed E-state index contributed by atoms with van der Waals surface area (Å²) in [6.07, 6.45) is 1.44. The molecule has 122 valence electrons. The molecule has 0 bridgehead atoms. The second-order valence-electron chi connectivity index (χ2n) is 6.75. The lowest BCUT2D eigenvalue weighted by molar-refractivity contribution is -0.154. The Morgan fingerprint density at radius 3 is 2.29 bits per heavy atom. The molecule has 3 unspecified atom stereocenters. The second kappa shape index (κ2) is 7.78. The maximum absolute atomic E-state index is 12.8. The number of rotatable bonds is 7. The monoisotopic (exact) mass is 298 g/mol. The minimum atomic E-state index is -0.411. The van der Waals surface area contributed by atoms with Gasteiger partial charge in [-0.15, -0.1) is 0 Å². The van der Waals surface area contributed by atoms with Crippen molar-refractivity contribution in [2.45, 2.75) is 65.6 Å². The molecule has 1 N–H and O–H groups in total. The van der Waals surface area contributed by atoms with Crippen LogP contribution in [-0.4, -0.2) is 48.6 Å². The predicted octanol–water partition coefficient (Wildman–Crippen LogP) is 1.81. The van der Waals surface area contributed by atoms with E-state index in [1.54, 1.807) is 12.0 Å². The van der Waals surface area contributed by atoms with Gasteiger partial charge in [0.25, 0.3) is 0 Å². The van der Waals surface area contributed by atoms with Crippen molar-refractivity contribution in [2.24, 2.45) is 11.8 Å². The minimum Gasteiger partial charge on any atom is -0.385 e. The number of hydrogen-bond donors (Lipinski definition) is 1. The van der Waals surface area contributed by atoms with Crippen LogP contribution in [0.15, 0.2) is 0 Å². The van der Waals surface area contributed by atoms with Crippen LogP contribution < -0.4 is 5.32 Å². The van der Waals surface area contributed by atoms with Crippen LogP contribution in [0, 0.1) is 11.8 Å². The SMILES string of the molecule is COCCC(C)N1C(=O)C(C(C)C)NC(=O)C1CC(C)C. The first-order chi connectivity index (χ1) is 9.79. The molecule has 1 aliphatic heterocycles. The number of carbonyl (C=O) groups is 2. The van der Waals surface area contributed by atoms with Gasteiger partial charge in [-0.25, -0.2) is 0 Å². The van der Waals surface area contributed by atoms with Crippen LogP contribution in [0.2, 0.25) is 0 Å². The molecule has 0 aromatic rings. The van der Waals surface area contributed by atoms with Crippen LogP contribution in [-0.2, 0) is 14.3 Å². The average Bonchev–Trinajstić information content (AvgIpc) is 2.39. The Morgan fingerprint density at radius 2 is 1.81 bits per heavy atom. The molecule has 1 heterocycles. The van der Waals surface area contributed by atoms with E-state index in [4.69, 9.17) is 4.74 Å². The summed E-state index contributed by atoms with van der Waals surface area (Å²) >= 11 is 0. The van der Waals surface area contributed by atoms with Gasteiger partial charge in [-0.05, 0) is 31.6 Å². The number of carbonyl (C=O) groups excluding carboxylic acids is 2. The number of methoxy groups -OCH3 is 1. The van der Waals surface area contributed by atoms with E-state index >= 15 is 0 Å². The van der Waals surface area contributed by atoms with Crippen molar-refractivity contribution in [2.75, 3.05) is 13.7 Å². The predicted molar refractivity (Wildman–Crippen MR) is 82.8 cm³/mol. The Bertz CT molecular complexity index is 369. The van der Waals surface area contributed by atoms with Gasteiger partial charge in [-0.2, -0.15) is 0 Å². The highest BCUT2D eigenvalue weighted by atomic mass is 16.5. The molecule has 1 aliphatic rings. The molecule has 1 rings (SSSR count). The van der Waals surface area contributed by atoms with Crippen LogP contribution in [0.3, 0.4) is 0 Å². The zero-order chi connectivity index (χ0) is 16.2. The van der Waals surface area contributed by atoms with Gasteiger partial charge in [-0.3, -0.25) is 9.59 Å². The van der Waals surface area contributed by atoms with Gasteiger partial charge in [0.2, 0.25) is 11.8 Å². The largest absolute Gasteiger partial charge is 0.385 e. The maximum Gasteiger partial charge on any atom is 0.246 e. The first-order valence-corrected chi connectivity index (χ1v) is 7.91. The van der Waals surface area contributed by atoms with Crippen molar-refractivity contribution < 1.29 is 14.3 Å². The standard InChI is InChI=1S/C16H30N2O3/c1-10(2)9-13-15(19)17-14(11(3)4)16(20)18(13)12(5)7-8-21-6/h10-14H,7-9H2,1-6H3,(H,17,19). The van der Waals surface area contributed by atoms with Crippen molar-refractivity contribution >= 4 is 11.8 Å². The first kappa shape index (κ1) is 18.0. The fourth-order valence-electron chi connectivity index (χ4n) is 2.82. The van der Waals surface area contributed by atoms with E-state index in [9.17, 15) is 9.59 Å². The lowest BCUT2D eigenvalue weighted by Gasteiger charge is -2.44. The molecule has 1 saturated heterocycles. The molecular weight excluding hydrogens is 268 g/mol. The zero-order valence-electron chi connectivity index (χ0n) is 14.2. The summed E-state index contributed by atoms with van der Waals surface area (Å²) in [6.45, 7) is 10.7. The number of piperazine rings is 1. The highest BCUT2D eigenvalue weighted by Gasteiger charge is 2.43. The summed E-state index contributed by atoms with van der Waals surface area (Å²) in [5, 5.41) is 2.90. The fourth-order valence-corrected chi connectivity index (χ4v) is 2.82. The van der Waals surface area contributed by atoms with E-state index in [0.717, 1.165) is 6.42 Å². The number of amides is 2. The van der Waals surface area contributed by atoms with E-state index in [1.165, 1.54) is 0 Å². The van der Waals surface area contributed by atoms with Gasteiger partial charge in [0.15, 0.2) is 0 Å². The normalized spacial score (nSPS) is 24.7. The Labute approximate surface area is 128 Å². The van der Waals surface area contributed by atoms with Gasteiger partial charge in [-0.1, -0.05) is 27.7 Å².